The standard InChI is InChI=1S/C11H17FN2O2/c1-7-4-8(6-9(12)5-7)10(14-13)11(15-2)16-3/h4-6,10-11,14H,13H2,1-3H3. The first-order valence-corrected chi connectivity index (χ1v) is 4.91. The number of methoxy groups -OCH3 is 2. The van der Waals surface area contributed by atoms with Gasteiger partial charge in [0.05, 0.1) is 6.04 Å². The molecule has 90 valence electrons. The second-order valence-electron chi connectivity index (χ2n) is 3.55. The van der Waals surface area contributed by atoms with Crippen molar-refractivity contribution in [2.75, 3.05) is 14.2 Å². The van der Waals surface area contributed by atoms with Gasteiger partial charge in [-0.25, -0.2) is 9.82 Å². The number of nitrogens with two attached hydrogens (primary N) is 1. The zero-order valence-corrected chi connectivity index (χ0v) is 9.66. The van der Waals surface area contributed by atoms with E-state index in [9.17, 15) is 4.39 Å². The second-order valence-corrected chi connectivity index (χ2v) is 3.55. The highest BCUT2D eigenvalue weighted by Crippen LogP contribution is 2.21. The van der Waals surface area contributed by atoms with E-state index in [4.69, 9.17) is 15.3 Å². The number of rotatable bonds is 5. The second kappa shape index (κ2) is 5.91. The molecule has 3 N–H and O–H groups in total. The van der Waals surface area contributed by atoms with E-state index in [0.29, 0.717) is 5.56 Å². The summed E-state index contributed by atoms with van der Waals surface area (Å²) in [6.45, 7) is 1.81. The van der Waals surface area contributed by atoms with Crippen LogP contribution in [0.5, 0.6) is 0 Å². The number of halogens is 1. The van der Waals surface area contributed by atoms with Crippen LogP contribution in [0.4, 0.5) is 4.39 Å². The largest absolute Gasteiger partial charge is 0.354 e. The molecule has 0 fully saturated rings. The zero-order valence-electron chi connectivity index (χ0n) is 9.66. The quantitative estimate of drug-likeness (QED) is 0.452. The molecule has 1 unspecified atom stereocenters. The van der Waals surface area contributed by atoms with Gasteiger partial charge in [0.15, 0.2) is 6.29 Å². The van der Waals surface area contributed by atoms with Gasteiger partial charge in [0.25, 0.3) is 0 Å². The van der Waals surface area contributed by atoms with Crippen molar-refractivity contribution in [3.8, 4) is 0 Å². The SMILES string of the molecule is COC(OC)C(NN)c1cc(C)cc(F)c1. The molecule has 5 heteroatoms. The average Bonchev–Trinajstić information content (AvgIpc) is 2.24. The molecule has 1 rings (SSSR count). The molecular formula is C11H17FN2O2. The van der Waals surface area contributed by atoms with Crippen molar-refractivity contribution in [1.82, 2.24) is 5.43 Å². The van der Waals surface area contributed by atoms with E-state index in [0.717, 1.165) is 5.56 Å². The molecule has 1 atom stereocenters. The van der Waals surface area contributed by atoms with Crippen molar-refractivity contribution in [2.45, 2.75) is 19.3 Å². The lowest BCUT2D eigenvalue weighted by atomic mass is 10.0. The number of hydrogen-bond donors (Lipinski definition) is 2. The molecule has 4 nitrogen and oxygen atoms in total. The highest BCUT2D eigenvalue weighted by atomic mass is 19.1. The Morgan fingerprint density at radius 1 is 1.25 bits per heavy atom. The summed E-state index contributed by atoms with van der Waals surface area (Å²) < 4.78 is 23.4. The van der Waals surface area contributed by atoms with Crippen LogP contribution in [0, 0.1) is 12.7 Å². The predicted octanol–water partition coefficient (Wildman–Crippen LogP) is 1.26. The normalized spacial score (nSPS) is 13.1. The molecule has 0 amide bonds. The van der Waals surface area contributed by atoms with Crippen molar-refractivity contribution < 1.29 is 13.9 Å². The summed E-state index contributed by atoms with van der Waals surface area (Å²) in [5.41, 5.74) is 4.07. The average molecular weight is 228 g/mol. The number of nitrogens with one attached hydrogen (secondary N) is 1. The molecule has 0 bridgehead atoms. The number of ether oxygens (including phenoxy) is 2. The fourth-order valence-corrected chi connectivity index (χ4v) is 1.64. The Morgan fingerprint density at radius 3 is 2.31 bits per heavy atom. The Hall–Kier alpha value is -1.01. The fourth-order valence-electron chi connectivity index (χ4n) is 1.64. The van der Waals surface area contributed by atoms with Gasteiger partial charge in [-0.05, 0) is 30.2 Å². The van der Waals surface area contributed by atoms with Crippen molar-refractivity contribution in [1.29, 1.82) is 0 Å². The third kappa shape index (κ3) is 2.99. The van der Waals surface area contributed by atoms with Gasteiger partial charge in [0.2, 0.25) is 0 Å². The zero-order chi connectivity index (χ0) is 12.1. The summed E-state index contributed by atoms with van der Waals surface area (Å²) in [6, 6.07) is 4.27. The molecule has 0 aliphatic heterocycles. The van der Waals surface area contributed by atoms with E-state index in [1.807, 2.05) is 13.0 Å². The Kier molecular flexibility index (Phi) is 4.82. The van der Waals surface area contributed by atoms with Crippen LogP contribution in [0.15, 0.2) is 18.2 Å². The predicted molar refractivity (Wildman–Crippen MR) is 59.0 cm³/mol. The number of benzene rings is 1. The number of hydrazine groups is 1. The van der Waals surface area contributed by atoms with Crippen molar-refractivity contribution in [3.05, 3.63) is 35.1 Å². The van der Waals surface area contributed by atoms with Crippen molar-refractivity contribution >= 4 is 0 Å². The minimum Gasteiger partial charge on any atom is -0.354 e. The van der Waals surface area contributed by atoms with Crippen molar-refractivity contribution in [2.24, 2.45) is 5.84 Å². The molecule has 0 heterocycles. The lowest BCUT2D eigenvalue weighted by molar-refractivity contribution is -0.124. The maximum atomic E-state index is 13.2. The van der Waals surface area contributed by atoms with Gasteiger partial charge in [-0.2, -0.15) is 0 Å². The van der Waals surface area contributed by atoms with Gasteiger partial charge in [-0.3, -0.25) is 5.84 Å². The monoisotopic (exact) mass is 228 g/mol. The van der Waals surface area contributed by atoms with Crippen LogP contribution in [0.25, 0.3) is 0 Å². The third-order valence-corrected chi connectivity index (χ3v) is 2.34. The van der Waals surface area contributed by atoms with Gasteiger partial charge >= 0.3 is 0 Å². The molecule has 0 aliphatic carbocycles. The minimum absolute atomic E-state index is 0.304. The van der Waals surface area contributed by atoms with Crippen molar-refractivity contribution in [3.63, 3.8) is 0 Å². The Bertz CT molecular complexity index is 323. The Morgan fingerprint density at radius 2 is 1.88 bits per heavy atom. The minimum atomic E-state index is -0.564. The highest BCUT2D eigenvalue weighted by Gasteiger charge is 2.22. The third-order valence-electron chi connectivity index (χ3n) is 2.34. The molecule has 0 saturated heterocycles. The fraction of sp³-hybridized carbons (Fsp3) is 0.455. The molecule has 0 spiro atoms. The van der Waals surface area contributed by atoms with Gasteiger partial charge in [-0.15, -0.1) is 0 Å². The Balaban J connectivity index is 3.02. The molecule has 0 radical (unpaired) electrons. The lowest BCUT2D eigenvalue weighted by Crippen LogP contribution is -2.38. The lowest BCUT2D eigenvalue weighted by Gasteiger charge is -2.24. The summed E-state index contributed by atoms with van der Waals surface area (Å²) in [6.07, 6.45) is -0.564. The van der Waals surface area contributed by atoms with Crippen LogP contribution in [0.3, 0.4) is 0 Å². The summed E-state index contributed by atoms with van der Waals surface area (Å²) in [4.78, 5) is 0. The molecule has 1 aromatic carbocycles. The van der Waals surface area contributed by atoms with Crippen LogP contribution in [0.1, 0.15) is 17.2 Å². The number of aryl methyl sites for hydroxylation is 1. The smallest absolute Gasteiger partial charge is 0.177 e. The van der Waals surface area contributed by atoms with Crippen LogP contribution in [-0.2, 0) is 9.47 Å². The maximum Gasteiger partial charge on any atom is 0.177 e. The molecule has 0 saturated carbocycles. The van der Waals surface area contributed by atoms with E-state index in [2.05, 4.69) is 5.43 Å². The van der Waals surface area contributed by atoms with Crippen LogP contribution in [-0.4, -0.2) is 20.5 Å². The van der Waals surface area contributed by atoms with Gasteiger partial charge in [0, 0.05) is 14.2 Å². The first-order chi connectivity index (χ1) is 7.62. The van der Waals surface area contributed by atoms with Gasteiger partial charge in [0.1, 0.15) is 5.82 Å². The highest BCUT2D eigenvalue weighted by molar-refractivity contribution is 5.26. The van der Waals surface area contributed by atoms with E-state index in [-0.39, 0.29) is 5.82 Å². The van der Waals surface area contributed by atoms with Crippen LogP contribution >= 0.6 is 0 Å². The first-order valence-electron chi connectivity index (χ1n) is 4.91. The molecule has 0 aliphatic rings. The molecular weight excluding hydrogens is 211 g/mol. The Labute approximate surface area is 94.5 Å². The van der Waals surface area contributed by atoms with E-state index in [1.165, 1.54) is 26.4 Å². The molecule has 1 aromatic rings. The van der Waals surface area contributed by atoms with E-state index in [1.54, 1.807) is 0 Å². The van der Waals surface area contributed by atoms with E-state index >= 15 is 0 Å². The topological polar surface area (TPSA) is 56.5 Å². The summed E-state index contributed by atoms with van der Waals surface area (Å²) >= 11 is 0. The molecule has 0 aromatic heterocycles. The first kappa shape index (κ1) is 13.1. The summed E-state index contributed by atoms with van der Waals surface area (Å²) in [7, 11) is 3.01. The van der Waals surface area contributed by atoms with Crippen LogP contribution < -0.4 is 11.3 Å². The van der Waals surface area contributed by atoms with Gasteiger partial charge < -0.3 is 9.47 Å². The maximum absolute atomic E-state index is 13.2. The van der Waals surface area contributed by atoms with Gasteiger partial charge in [-0.1, -0.05) is 6.07 Å². The summed E-state index contributed by atoms with van der Waals surface area (Å²) in [5, 5.41) is 0. The number of hydrogen-bond acceptors (Lipinski definition) is 4. The summed E-state index contributed by atoms with van der Waals surface area (Å²) in [5.74, 6) is 5.12. The van der Waals surface area contributed by atoms with E-state index < -0.39 is 12.3 Å². The van der Waals surface area contributed by atoms with Crippen LogP contribution in [0.2, 0.25) is 0 Å². The molecule has 16 heavy (non-hydrogen) atoms.